The lowest BCUT2D eigenvalue weighted by molar-refractivity contribution is -0.290. The van der Waals surface area contributed by atoms with Gasteiger partial charge in [-0.05, 0) is 101 Å². The van der Waals surface area contributed by atoms with Crippen LogP contribution in [0, 0.1) is 11.6 Å². The molecule has 340 valence electrons. The quantitative estimate of drug-likeness (QED) is 0.111. The van der Waals surface area contributed by atoms with Gasteiger partial charge in [0.1, 0.15) is 17.2 Å². The number of aromatic nitrogens is 4. The van der Waals surface area contributed by atoms with Gasteiger partial charge in [0.25, 0.3) is 10.0 Å². The lowest BCUT2D eigenvalue weighted by Crippen LogP contribution is -2.45. The van der Waals surface area contributed by atoms with Crippen LogP contribution in [-0.4, -0.2) is 86.7 Å². The average Bonchev–Trinajstić information content (AvgIpc) is 3.17. The van der Waals surface area contributed by atoms with E-state index >= 15 is 0 Å². The number of rotatable bonds is 14. The fourth-order valence-corrected chi connectivity index (χ4v) is 7.95. The summed E-state index contributed by atoms with van der Waals surface area (Å²) < 4.78 is 102. The summed E-state index contributed by atoms with van der Waals surface area (Å²) in [5.74, 6) is -3.37. The first-order chi connectivity index (χ1) is 29.1. The highest BCUT2D eigenvalue weighted by Gasteiger charge is 2.36. The molecule has 1 aliphatic heterocycles. The molecule has 2 aromatic heterocycles. The van der Waals surface area contributed by atoms with Crippen molar-refractivity contribution in [1.82, 2.24) is 19.9 Å². The smallest absolute Gasteiger partial charge is 0.308 e. The molecule has 0 amide bonds. The molecular formula is C45H56F2N6O8S2. The molecule has 2 atom stereocenters. The molecule has 1 fully saturated rings. The molecule has 0 aliphatic carbocycles. The molecule has 0 bridgehead atoms. The van der Waals surface area contributed by atoms with E-state index in [2.05, 4.69) is 9.97 Å². The molecule has 0 spiro atoms. The third-order valence-electron chi connectivity index (χ3n) is 9.78. The van der Waals surface area contributed by atoms with Gasteiger partial charge in [0.15, 0.2) is 5.79 Å². The van der Waals surface area contributed by atoms with Crippen LogP contribution < -0.4 is 8.61 Å². The van der Waals surface area contributed by atoms with Crippen molar-refractivity contribution < 1.29 is 44.6 Å². The number of carbonyl (C=O) groups is 1. The van der Waals surface area contributed by atoms with E-state index in [4.69, 9.17) is 24.2 Å². The lowest BCUT2D eigenvalue weighted by Gasteiger charge is -2.39. The molecule has 0 unspecified atom stereocenters. The Hall–Kier alpha value is -5.17. The van der Waals surface area contributed by atoms with Crippen molar-refractivity contribution >= 4 is 50.1 Å². The van der Waals surface area contributed by atoms with Crippen molar-refractivity contribution in [3.8, 4) is 22.5 Å². The van der Waals surface area contributed by atoms with Crippen LogP contribution in [0.2, 0.25) is 0 Å². The molecule has 5 rings (SSSR count). The third kappa shape index (κ3) is 12.5. The minimum Gasteiger partial charge on any atom is -0.460 e. The van der Waals surface area contributed by atoms with Gasteiger partial charge in [-0.15, -0.1) is 0 Å². The van der Waals surface area contributed by atoms with Crippen LogP contribution in [0.15, 0.2) is 60.0 Å². The molecule has 18 heteroatoms. The summed E-state index contributed by atoms with van der Waals surface area (Å²) in [7, 11) is -5.58. The van der Waals surface area contributed by atoms with Crippen molar-refractivity contribution in [1.29, 1.82) is 0 Å². The predicted molar refractivity (Wildman–Crippen MR) is 241 cm³/mol. The monoisotopic (exact) mass is 910 g/mol. The van der Waals surface area contributed by atoms with E-state index in [0.717, 1.165) is 20.3 Å². The highest BCUT2D eigenvalue weighted by molar-refractivity contribution is 7.95. The molecule has 63 heavy (non-hydrogen) atoms. The molecule has 3 heterocycles. The summed E-state index contributed by atoms with van der Waals surface area (Å²) >= 11 is 0. The fraction of sp³-hybridized carbons (Fsp3) is 0.444. The SMILES string of the molecule is CC(C)c1nc(N(C)S(C)(=O)=O)nc(-c2ccc(F)cc2)c1/C=C/S(=O)(=O)N(C)c1nc(-c2ccc(F)cc2)c(/C=C/[C@@H]2C[C@H](CC(=O)OC(C)(C)C)OC(C)(C)O2)c(C(C)C)n1. The van der Waals surface area contributed by atoms with Gasteiger partial charge in [0.2, 0.25) is 21.9 Å². The Bertz CT molecular complexity index is 2600. The maximum Gasteiger partial charge on any atom is 0.308 e. The maximum absolute atomic E-state index is 14.3. The Labute approximate surface area is 369 Å². The first kappa shape index (κ1) is 48.9. The maximum atomic E-state index is 14.3. The van der Waals surface area contributed by atoms with Gasteiger partial charge in [-0.3, -0.25) is 4.79 Å². The number of hydrogen-bond acceptors (Lipinski definition) is 12. The molecule has 0 N–H and O–H groups in total. The summed E-state index contributed by atoms with van der Waals surface area (Å²) in [5, 5.41) is 0.951. The Morgan fingerprint density at radius 2 is 1.25 bits per heavy atom. The van der Waals surface area contributed by atoms with E-state index in [9.17, 15) is 30.4 Å². The number of benzene rings is 2. The Kier molecular flexibility index (Phi) is 14.7. The van der Waals surface area contributed by atoms with Crippen LogP contribution in [0.3, 0.4) is 0 Å². The van der Waals surface area contributed by atoms with Crippen LogP contribution in [-0.2, 0) is 39.1 Å². The van der Waals surface area contributed by atoms with Crippen molar-refractivity contribution in [2.24, 2.45) is 0 Å². The topological polar surface area (TPSA) is 171 Å². The number of nitrogens with zero attached hydrogens (tertiary/aromatic N) is 6. The minimum atomic E-state index is -4.38. The zero-order chi connectivity index (χ0) is 46.8. The Morgan fingerprint density at radius 3 is 1.70 bits per heavy atom. The van der Waals surface area contributed by atoms with Gasteiger partial charge in [0.05, 0.1) is 53.1 Å². The van der Waals surface area contributed by atoms with E-state index < -0.39 is 61.2 Å². The molecule has 2 aromatic carbocycles. The molecular weight excluding hydrogens is 855 g/mol. The fourth-order valence-electron chi connectivity index (χ4n) is 6.77. The second kappa shape index (κ2) is 18.9. The molecule has 4 aromatic rings. The third-order valence-corrected chi connectivity index (χ3v) is 12.3. The van der Waals surface area contributed by atoms with E-state index in [1.807, 2.05) is 33.8 Å². The van der Waals surface area contributed by atoms with Gasteiger partial charge >= 0.3 is 5.97 Å². The minimum absolute atomic E-state index is 0.0186. The molecule has 1 aliphatic rings. The summed E-state index contributed by atoms with van der Waals surface area (Å²) in [6.45, 7) is 16.3. The van der Waals surface area contributed by atoms with Crippen molar-refractivity contribution in [3.63, 3.8) is 0 Å². The average molecular weight is 911 g/mol. The summed E-state index contributed by atoms with van der Waals surface area (Å²) in [6.07, 6.45) is 5.25. The second-order valence-corrected chi connectivity index (χ2v) is 21.3. The normalized spacial score (nSPS) is 17.2. The second-order valence-electron chi connectivity index (χ2n) is 17.4. The molecule has 1 saturated heterocycles. The van der Waals surface area contributed by atoms with Gasteiger partial charge in [-0.1, -0.05) is 39.8 Å². The number of halogens is 2. The van der Waals surface area contributed by atoms with Crippen LogP contribution in [0.5, 0.6) is 0 Å². The zero-order valence-electron chi connectivity index (χ0n) is 37.7. The van der Waals surface area contributed by atoms with Crippen LogP contribution in [0.1, 0.15) is 110 Å². The highest BCUT2D eigenvalue weighted by Crippen LogP contribution is 2.36. The number of carbonyl (C=O) groups excluding carboxylic acids is 1. The summed E-state index contributed by atoms with van der Waals surface area (Å²) in [4.78, 5) is 31.3. The van der Waals surface area contributed by atoms with Crippen LogP contribution in [0.4, 0.5) is 20.7 Å². The number of ether oxygens (including phenoxy) is 3. The lowest BCUT2D eigenvalue weighted by atomic mass is 9.97. The first-order valence-electron chi connectivity index (χ1n) is 20.4. The zero-order valence-corrected chi connectivity index (χ0v) is 39.3. The predicted octanol–water partition coefficient (Wildman–Crippen LogP) is 8.61. The largest absolute Gasteiger partial charge is 0.460 e. The Morgan fingerprint density at radius 1 is 0.794 bits per heavy atom. The van der Waals surface area contributed by atoms with Gasteiger partial charge < -0.3 is 14.2 Å². The van der Waals surface area contributed by atoms with Crippen LogP contribution >= 0.6 is 0 Å². The number of sulfonamides is 2. The van der Waals surface area contributed by atoms with Gasteiger partial charge in [0, 0.05) is 42.8 Å². The first-order valence-corrected chi connectivity index (χ1v) is 23.7. The van der Waals surface area contributed by atoms with Gasteiger partial charge in [-0.2, -0.15) is 0 Å². The van der Waals surface area contributed by atoms with Crippen molar-refractivity contribution in [2.75, 3.05) is 29.0 Å². The molecule has 0 radical (unpaired) electrons. The molecule has 14 nitrogen and oxygen atoms in total. The highest BCUT2D eigenvalue weighted by atomic mass is 32.2. The molecule has 0 saturated carbocycles. The van der Waals surface area contributed by atoms with E-state index in [0.29, 0.717) is 40.2 Å². The number of anilines is 2. The van der Waals surface area contributed by atoms with Crippen molar-refractivity contribution in [2.45, 2.75) is 111 Å². The van der Waals surface area contributed by atoms with E-state index in [1.165, 1.54) is 68.7 Å². The summed E-state index contributed by atoms with van der Waals surface area (Å²) in [5.41, 5.74) is 2.34. The van der Waals surface area contributed by atoms with Crippen LogP contribution in [0.25, 0.3) is 34.7 Å². The van der Waals surface area contributed by atoms with Crippen molar-refractivity contribution in [3.05, 3.63) is 94.2 Å². The summed E-state index contributed by atoms with van der Waals surface area (Å²) in [6, 6.07) is 11.0. The Balaban J connectivity index is 1.59. The van der Waals surface area contributed by atoms with E-state index in [-0.39, 0.29) is 41.4 Å². The van der Waals surface area contributed by atoms with Gasteiger partial charge in [-0.25, -0.2) is 54.2 Å². The number of hydrogen-bond donors (Lipinski definition) is 0. The standard InChI is InChI=1S/C45H56F2N6O8S2/c1-27(2)38-35(22-21-33-25-34(60-45(8,9)59-33)26-37(54)61-44(5,6)7)40(29-13-17-31(46)18-14-29)51-43(49-38)53(11)63(57,58)24-23-36-39(28(3)4)48-42(52(10)62(12,55)56)50-41(36)30-15-19-32(47)20-16-30/h13-24,27-28,33-34H,25-26H2,1-12H3/b22-21+,24-23+/t33-,34-/m1/s1. The number of esters is 1. The van der Waals surface area contributed by atoms with E-state index in [1.54, 1.807) is 40.7 Å².